The first-order valence-electron chi connectivity index (χ1n) is 4.39. The van der Waals surface area contributed by atoms with Crippen molar-refractivity contribution in [3.8, 4) is 0 Å². The van der Waals surface area contributed by atoms with E-state index in [1.54, 1.807) is 0 Å². The fourth-order valence-corrected chi connectivity index (χ4v) is 0.951. The van der Waals surface area contributed by atoms with Crippen molar-refractivity contribution < 1.29 is 15.1 Å². The largest absolute Gasteiger partial charge is 0.389 e. The predicted octanol–water partition coefficient (Wildman–Crippen LogP) is -0.0769. The molecule has 7 nitrogen and oxygen atoms in total. The highest BCUT2D eigenvalue weighted by Crippen LogP contribution is 2.12. The van der Waals surface area contributed by atoms with Crippen LogP contribution < -0.4 is 0 Å². The SMILES string of the molecule is CC(C)(O)C(O)Cn1ccc([N+](=O)[O-])n1. The summed E-state index contributed by atoms with van der Waals surface area (Å²) < 4.78 is 1.22. The summed E-state index contributed by atoms with van der Waals surface area (Å²) in [5, 5.41) is 32.9. The number of nitrogens with zero attached hydrogens (tertiary/aromatic N) is 3. The van der Waals surface area contributed by atoms with E-state index in [1.807, 2.05) is 0 Å². The lowest BCUT2D eigenvalue weighted by atomic mass is 10.0. The van der Waals surface area contributed by atoms with Crippen molar-refractivity contribution >= 4 is 5.82 Å². The first kappa shape index (κ1) is 11.6. The van der Waals surface area contributed by atoms with E-state index in [9.17, 15) is 20.3 Å². The van der Waals surface area contributed by atoms with Crippen molar-refractivity contribution in [3.63, 3.8) is 0 Å². The third-order valence-electron chi connectivity index (χ3n) is 1.99. The van der Waals surface area contributed by atoms with Crippen molar-refractivity contribution in [1.29, 1.82) is 0 Å². The zero-order valence-corrected chi connectivity index (χ0v) is 8.49. The lowest BCUT2D eigenvalue weighted by Crippen LogP contribution is -2.39. The number of aliphatic hydroxyl groups is 2. The first-order chi connectivity index (χ1) is 6.80. The number of aromatic nitrogens is 2. The zero-order valence-electron chi connectivity index (χ0n) is 8.49. The van der Waals surface area contributed by atoms with Gasteiger partial charge in [-0.1, -0.05) is 0 Å². The normalized spacial score (nSPS) is 13.9. The van der Waals surface area contributed by atoms with Gasteiger partial charge in [-0.25, -0.2) is 0 Å². The molecule has 0 saturated carbocycles. The molecule has 0 fully saturated rings. The van der Waals surface area contributed by atoms with Crippen LogP contribution >= 0.6 is 0 Å². The van der Waals surface area contributed by atoms with Crippen molar-refractivity contribution in [3.05, 3.63) is 22.4 Å². The molecule has 1 atom stereocenters. The van der Waals surface area contributed by atoms with Gasteiger partial charge in [-0.15, -0.1) is 0 Å². The number of nitro groups is 1. The minimum atomic E-state index is -1.26. The second-order valence-corrected chi connectivity index (χ2v) is 3.82. The van der Waals surface area contributed by atoms with E-state index in [2.05, 4.69) is 5.10 Å². The van der Waals surface area contributed by atoms with E-state index in [0.717, 1.165) is 0 Å². The van der Waals surface area contributed by atoms with Crippen LogP contribution in [0.1, 0.15) is 13.8 Å². The highest BCUT2D eigenvalue weighted by molar-refractivity contribution is 5.14. The van der Waals surface area contributed by atoms with E-state index in [1.165, 1.54) is 30.8 Å². The molecule has 0 aliphatic heterocycles. The summed E-state index contributed by atoms with van der Waals surface area (Å²) in [5.74, 6) is -0.280. The Kier molecular flexibility index (Phi) is 3.06. The Hall–Kier alpha value is -1.47. The fourth-order valence-electron chi connectivity index (χ4n) is 0.951. The summed E-state index contributed by atoms with van der Waals surface area (Å²) in [7, 11) is 0. The Morgan fingerprint density at radius 3 is 2.73 bits per heavy atom. The quantitative estimate of drug-likeness (QED) is 0.540. The molecule has 0 spiro atoms. The van der Waals surface area contributed by atoms with Crippen LogP contribution in [0.15, 0.2) is 12.3 Å². The molecule has 1 unspecified atom stereocenters. The minimum absolute atomic E-state index is 0.0113. The molecule has 1 heterocycles. The van der Waals surface area contributed by atoms with E-state index < -0.39 is 16.6 Å². The Labute approximate surface area is 86.1 Å². The second kappa shape index (κ2) is 3.95. The molecule has 0 radical (unpaired) electrons. The Balaban J connectivity index is 2.69. The summed E-state index contributed by atoms with van der Waals surface area (Å²) in [5.41, 5.74) is -1.26. The number of rotatable bonds is 4. The minimum Gasteiger partial charge on any atom is -0.388 e. The van der Waals surface area contributed by atoms with Gasteiger partial charge in [-0.3, -0.25) is 0 Å². The van der Waals surface area contributed by atoms with Gasteiger partial charge in [0, 0.05) is 0 Å². The van der Waals surface area contributed by atoms with Crippen LogP contribution in [-0.4, -0.2) is 36.6 Å². The lowest BCUT2D eigenvalue weighted by Gasteiger charge is -2.23. The summed E-state index contributed by atoms with van der Waals surface area (Å²) in [6.07, 6.45) is 0.351. The molecule has 1 rings (SSSR count). The van der Waals surface area contributed by atoms with Gasteiger partial charge in [-0.05, 0) is 18.8 Å². The van der Waals surface area contributed by atoms with Crippen LogP contribution in [0.2, 0.25) is 0 Å². The van der Waals surface area contributed by atoms with Gasteiger partial charge in [0.05, 0.1) is 29.5 Å². The molecule has 0 saturated heterocycles. The van der Waals surface area contributed by atoms with Gasteiger partial charge >= 0.3 is 5.82 Å². The highest BCUT2D eigenvalue weighted by atomic mass is 16.6. The monoisotopic (exact) mass is 215 g/mol. The highest BCUT2D eigenvalue weighted by Gasteiger charge is 2.26. The number of aliphatic hydroxyl groups excluding tert-OH is 1. The summed E-state index contributed by atoms with van der Waals surface area (Å²) in [6.45, 7) is 2.92. The van der Waals surface area contributed by atoms with Gasteiger partial charge in [0.15, 0.2) is 0 Å². The van der Waals surface area contributed by atoms with Gasteiger partial charge in [0.1, 0.15) is 6.10 Å². The third kappa shape index (κ3) is 3.00. The van der Waals surface area contributed by atoms with E-state index in [-0.39, 0.29) is 12.4 Å². The van der Waals surface area contributed by atoms with E-state index >= 15 is 0 Å². The standard InChI is InChI=1S/C8H13N3O4/c1-8(2,13)6(12)5-10-4-3-7(9-10)11(14)15/h3-4,6,12-13H,5H2,1-2H3. The summed E-state index contributed by atoms with van der Waals surface area (Å²) >= 11 is 0. The smallest absolute Gasteiger partial charge is 0.388 e. The average molecular weight is 215 g/mol. The van der Waals surface area contributed by atoms with Gasteiger partial charge in [-0.2, -0.15) is 4.68 Å². The van der Waals surface area contributed by atoms with Crippen LogP contribution in [0, 0.1) is 10.1 Å². The molecule has 0 aromatic carbocycles. The molecular weight excluding hydrogens is 202 g/mol. The second-order valence-electron chi connectivity index (χ2n) is 3.82. The molecule has 15 heavy (non-hydrogen) atoms. The topological polar surface area (TPSA) is 101 Å². The maximum atomic E-state index is 10.3. The van der Waals surface area contributed by atoms with E-state index in [0.29, 0.717) is 0 Å². The summed E-state index contributed by atoms with van der Waals surface area (Å²) in [6, 6.07) is 1.23. The molecule has 1 aromatic heterocycles. The van der Waals surface area contributed by atoms with Crippen molar-refractivity contribution in [2.24, 2.45) is 0 Å². The molecule has 84 valence electrons. The van der Waals surface area contributed by atoms with E-state index in [4.69, 9.17) is 0 Å². The molecule has 2 N–H and O–H groups in total. The predicted molar refractivity (Wildman–Crippen MR) is 51.2 cm³/mol. The van der Waals surface area contributed by atoms with Crippen molar-refractivity contribution in [2.45, 2.75) is 32.1 Å². The van der Waals surface area contributed by atoms with Crippen molar-refractivity contribution in [1.82, 2.24) is 9.78 Å². The average Bonchev–Trinajstić information content (AvgIpc) is 2.50. The number of hydrogen-bond donors (Lipinski definition) is 2. The van der Waals surface area contributed by atoms with Gasteiger partial charge in [0.25, 0.3) is 0 Å². The molecule has 0 aliphatic carbocycles. The molecule has 7 heteroatoms. The van der Waals surface area contributed by atoms with Crippen LogP contribution in [-0.2, 0) is 6.54 Å². The molecule has 0 aliphatic rings. The Morgan fingerprint density at radius 1 is 1.73 bits per heavy atom. The number of hydrogen-bond acceptors (Lipinski definition) is 5. The molecule has 0 bridgehead atoms. The van der Waals surface area contributed by atoms with Crippen LogP contribution in [0.5, 0.6) is 0 Å². The first-order valence-corrected chi connectivity index (χ1v) is 4.39. The fraction of sp³-hybridized carbons (Fsp3) is 0.625. The van der Waals surface area contributed by atoms with Crippen LogP contribution in [0.4, 0.5) is 5.82 Å². The maximum Gasteiger partial charge on any atom is 0.389 e. The van der Waals surface area contributed by atoms with Crippen LogP contribution in [0.3, 0.4) is 0 Å². The maximum absolute atomic E-state index is 10.3. The molecule has 0 amide bonds. The van der Waals surface area contributed by atoms with Crippen LogP contribution in [0.25, 0.3) is 0 Å². The van der Waals surface area contributed by atoms with Crippen molar-refractivity contribution in [2.75, 3.05) is 0 Å². The summed E-state index contributed by atoms with van der Waals surface area (Å²) in [4.78, 5) is 9.70. The third-order valence-corrected chi connectivity index (χ3v) is 1.99. The molecular formula is C8H13N3O4. The Bertz CT molecular complexity index is 355. The zero-order chi connectivity index (χ0) is 11.6. The van der Waals surface area contributed by atoms with Gasteiger partial charge < -0.3 is 20.3 Å². The van der Waals surface area contributed by atoms with Gasteiger partial charge in [0.2, 0.25) is 0 Å². The Morgan fingerprint density at radius 2 is 2.33 bits per heavy atom. The lowest BCUT2D eigenvalue weighted by molar-refractivity contribution is -0.389. The molecule has 1 aromatic rings.